The molecule has 0 aromatic heterocycles. The van der Waals surface area contributed by atoms with E-state index >= 15 is 0 Å². The molecular formula is C11H23N3. The highest BCUT2D eigenvalue weighted by Gasteiger charge is 2.45. The summed E-state index contributed by atoms with van der Waals surface area (Å²) >= 11 is 0. The van der Waals surface area contributed by atoms with Crippen LogP contribution in [0.15, 0.2) is 0 Å². The minimum atomic E-state index is 0.333. The lowest BCUT2D eigenvalue weighted by Gasteiger charge is -2.55. The van der Waals surface area contributed by atoms with Crippen molar-refractivity contribution >= 4 is 0 Å². The van der Waals surface area contributed by atoms with Gasteiger partial charge in [-0.2, -0.15) is 0 Å². The lowest BCUT2D eigenvalue weighted by Crippen LogP contribution is -2.66. The molecule has 0 spiro atoms. The molecule has 1 aliphatic carbocycles. The van der Waals surface area contributed by atoms with Gasteiger partial charge in [-0.05, 0) is 33.2 Å². The molecule has 1 saturated carbocycles. The SMILES string of the molecule is CC(N)C1(N2CCN(C)CC2)CCC1. The summed E-state index contributed by atoms with van der Waals surface area (Å²) < 4.78 is 0. The zero-order chi connectivity index (χ0) is 10.2. The molecule has 0 aromatic rings. The topological polar surface area (TPSA) is 32.5 Å². The fourth-order valence-corrected chi connectivity index (χ4v) is 2.85. The Kier molecular flexibility index (Phi) is 2.82. The van der Waals surface area contributed by atoms with E-state index in [0.717, 1.165) is 0 Å². The predicted octanol–water partition coefficient (Wildman–Crippen LogP) is 0.504. The van der Waals surface area contributed by atoms with Crippen LogP contribution >= 0.6 is 0 Å². The monoisotopic (exact) mass is 197 g/mol. The van der Waals surface area contributed by atoms with Crippen molar-refractivity contribution in [1.82, 2.24) is 9.80 Å². The second-order valence-corrected chi connectivity index (χ2v) is 5.04. The van der Waals surface area contributed by atoms with Crippen molar-refractivity contribution < 1.29 is 0 Å². The molecule has 0 bridgehead atoms. The lowest BCUT2D eigenvalue weighted by atomic mass is 9.70. The van der Waals surface area contributed by atoms with Crippen LogP contribution in [0, 0.1) is 0 Å². The minimum absolute atomic E-state index is 0.333. The van der Waals surface area contributed by atoms with Crippen LogP contribution in [0.4, 0.5) is 0 Å². The van der Waals surface area contributed by atoms with Gasteiger partial charge in [0.05, 0.1) is 0 Å². The summed E-state index contributed by atoms with van der Waals surface area (Å²) in [5.74, 6) is 0. The Morgan fingerprint density at radius 1 is 1.14 bits per heavy atom. The van der Waals surface area contributed by atoms with Crippen LogP contribution in [-0.2, 0) is 0 Å². The third kappa shape index (κ3) is 1.58. The number of hydrogen-bond donors (Lipinski definition) is 1. The Morgan fingerprint density at radius 3 is 2.07 bits per heavy atom. The molecule has 2 N–H and O–H groups in total. The fourth-order valence-electron chi connectivity index (χ4n) is 2.85. The van der Waals surface area contributed by atoms with Gasteiger partial charge in [0, 0.05) is 37.8 Å². The van der Waals surface area contributed by atoms with E-state index in [4.69, 9.17) is 5.73 Å². The third-order valence-corrected chi connectivity index (χ3v) is 4.20. The Morgan fingerprint density at radius 2 is 1.71 bits per heavy atom. The first-order chi connectivity index (χ1) is 6.65. The molecular weight excluding hydrogens is 174 g/mol. The van der Waals surface area contributed by atoms with Crippen LogP contribution in [0.5, 0.6) is 0 Å². The highest BCUT2D eigenvalue weighted by molar-refractivity contribution is 5.04. The largest absolute Gasteiger partial charge is 0.326 e. The van der Waals surface area contributed by atoms with Crippen molar-refractivity contribution in [3.8, 4) is 0 Å². The Labute approximate surface area is 87.2 Å². The molecule has 1 atom stereocenters. The molecule has 2 rings (SSSR count). The molecule has 0 amide bonds. The number of piperazine rings is 1. The summed E-state index contributed by atoms with van der Waals surface area (Å²) in [6.07, 6.45) is 4.00. The van der Waals surface area contributed by atoms with Crippen LogP contribution in [0.1, 0.15) is 26.2 Å². The van der Waals surface area contributed by atoms with E-state index in [0.29, 0.717) is 11.6 Å². The lowest BCUT2D eigenvalue weighted by molar-refractivity contribution is -0.0278. The van der Waals surface area contributed by atoms with Crippen molar-refractivity contribution in [1.29, 1.82) is 0 Å². The number of nitrogens with two attached hydrogens (primary N) is 1. The summed E-state index contributed by atoms with van der Waals surface area (Å²) in [5, 5.41) is 0. The second-order valence-electron chi connectivity index (χ2n) is 5.04. The Bertz CT molecular complexity index is 191. The molecule has 1 heterocycles. The van der Waals surface area contributed by atoms with Gasteiger partial charge < -0.3 is 10.6 Å². The standard InChI is InChI=1S/C11H23N3/c1-10(12)11(4-3-5-11)14-8-6-13(2)7-9-14/h10H,3-9,12H2,1-2H3. The van der Waals surface area contributed by atoms with E-state index in [9.17, 15) is 0 Å². The van der Waals surface area contributed by atoms with Gasteiger partial charge in [0.15, 0.2) is 0 Å². The van der Waals surface area contributed by atoms with Gasteiger partial charge in [-0.3, -0.25) is 4.90 Å². The normalized spacial score (nSPS) is 31.1. The molecule has 2 aliphatic rings. The Hall–Kier alpha value is -0.120. The van der Waals surface area contributed by atoms with Crippen molar-refractivity contribution in [2.45, 2.75) is 37.8 Å². The van der Waals surface area contributed by atoms with E-state index in [-0.39, 0.29) is 0 Å². The van der Waals surface area contributed by atoms with Crippen LogP contribution in [0.25, 0.3) is 0 Å². The van der Waals surface area contributed by atoms with Crippen LogP contribution in [-0.4, -0.2) is 54.6 Å². The maximum atomic E-state index is 6.14. The zero-order valence-electron chi connectivity index (χ0n) is 9.50. The summed E-state index contributed by atoms with van der Waals surface area (Å²) in [6.45, 7) is 7.00. The molecule has 1 aliphatic heterocycles. The van der Waals surface area contributed by atoms with Gasteiger partial charge >= 0.3 is 0 Å². The molecule has 2 fully saturated rings. The van der Waals surface area contributed by atoms with Crippen LogP contribution in [0.3, 0.4) is 0 Å². The van der Waals surface area contributed by atoms with Gasteiger partial charge in [-0.25, -0.2) is 0 Å². The van der Waals surface area contributed by atoms with Crippen molar-refractivity contribution in [3.05, 3.63) is 0 Å². The van der Waals surface area contributed by atoms with Crippen molar-refractivity contribution in [3.63, 3.8) is 0 Å². The first kappa shape index (κ1) is 10.4. The number of likely N-dealkylation sites (N-methyl/N-ethyl adjacent to an activating group) is 1. The maximum Gasteiger partial charge on any atom is 0.0358 e. The second kappa shape index (κ2) is 3.80. The van der Waals surface area contributed by atoms with Crippen molar-refractivity contribution in [2.75, 3.05) is 33.2 Å². The van der Waals surface area contributed by atoms with E-state index < -0.39 is 0 Å². The smallest absolute Gasteiger partial charge is 0.0358 e. The van der Waals surface area contributed by atoms with Gasteiger partial charge in [0.2, 0.25) is 0 Å². The van der Waals surface area contributed by atoms with E-state index in [1.807, 2.05) is 0 Å². The summed E-state index contributed by atoms with van der Waals surface area (Å²) in [5.41, 5.74) is 6.51. The molecule has 0 radical (unpaired) electrons. The molecule has 1 saturated heterocycles. The maximum absolute atomic E-state index is 6.14. The van der Waals surface area contributed by atoms with Gasteiger partial charge in [-0.1, -0.05) is 0 Å². The van der Waals surface area contributed by atoms with Gasteiger partial charge in [0.1, 0.15) is 0 Å². The molecule has 82 valence electrons. The molecule has 0 aromatic carbocycles. The zero-order valence-corrected chi connectivity index (χ0v) is 9.50. The molecule has 3 nitrogen and oxygen atoms in total. The predicted molar refractivity (Wildman–Crippen MR) is 59.3 cm³/mol. The van der Waals surface area contributed by atoms with Crippen LogP contribution < -0.4 is 5.73 Å². The fraction of sp³-hybridized carbons (Fsp3) is 1.00. The van der Waals surface area contributed by atoms with Crippen molar-refractivity contribution in [2.24, 2.45) is 5.73 Å². The third-order valence-electron chi connectivity index (χ3n) is 4.20. The van der Waals surface area contributed by atoms with E-state index in [1.54, 1.807) is 0 Å². The first-order valence-corrected chi connectivity index (χ1v) is 5.84. The highest BCUT2D eigenvalue weighted by Crippen LogP contribution is 2.40. The summed E-state index contributed by atoms with van der Waals surface area (Å²) in [4.78, 5) is 5.05. The van der Waals surface area contributed by atoms with Crippen LogP contribution in [0.2, 0.25) is 0 Å². The quantitative estimate of drug-likeness (QED) is 0.700. The average molecular weight is 197 g/mol. The first-order valence-electron chi connectivity index (χ1n) is 5.84. The number of hydrogen-bond acceptors (Lipinski definition) is 3. The average Bonchev–Trinajstić information content (AvgIpc) is 2.05. The van der Waals surface area contributed by atoms with E-state index in [1.165, 1.54) is 45.4 Å². The van der Waals surface area contributed by atoms with Gasteiger partial charge in [0.25, 0.3) is 0 Å². The molecule has 3 heteroatoms. The van der Waals surface area contributed by atoms with Gasteiger partial charge in [-0.15, -0.1) is 0 Å². The Balaban J connectivity index is 1.99. The summed E-state index contributed by atoms with van der Waals surface area (Å²) in [6, 6.07) is 0.333. The summed E-state index contributed by atoms with van der Waals surface area (Å²) in [7, 11) is 2.21. The minimum Gasteiger partial charge on any atom is -0.326 e. The van der Waals surface area contributed by atoms with E-state index in [2.05, 4.69) is 23.8 Å². The number of nitrogens with zero attached hydrogens (tertiary/aromatic N) is 2. The number of rotatable bonds is 2. The molecule has 14 heavy (non-hydrogen) atoms. The molecule has 1 unspecified atom stereocenters. The highest BCUT2D eigenvalue weighted by atomic mass is 15.3.